The van der Waals surface area contributed by atoms with Crippen LogP contribution in [0.2, 0.25) is 0 Å². The monoisotopic (exact) mass is 412 g/mol. The lowest BCUT2D eigenvalue weighted by Gasteiger charge is -2.18. The minimum absolute atomic E-state index is 0.158. The smallest absolute Gasteiger partial charge is 0.337 e. The lowest BCUT2D eigenvalue weighted by Crippen LogP contribution is -2.42. The highest BCUT2D eigenvalue weighted by atomic mass is 16.5. The number of carbonyl (C=O) groups is 1. The summed E-state index contributed by atoms with van der Waals surface area (Å²) in [6.07, 6.45) is 4.85. The highest BCUT2D eigenvalue weighted by Gasteiger charge is 2.27. The zero-order valence-corrected chi connectivity index (χ0v) is 17.0. The van der Waals surface area contributed by atoms with Crippen molar-refractivity contribution in [3.05, 3.63) is 51.4 Å². The van der Waals surface area contributed by atoms with E-state index >= 15 is 0 Å². The van der Waals surface area contributed by atoms with Gasteiger partial charge in [0.2, 0.25) is 0 Å². The molecule has 4 rings (SSSR count). The Morgan fingerprint density at radius 3 is 2.63 bits per heavy atom. The van der Waals surface area contributed by atoms with Gasteiger partial charge in [-0.3, -0.25) is 14.2 Å². The van der Waals surface area contributed by atoms with Gasteiger partial charge in [0.05, 0.1) is 25.7 Å². The highest BCUT2D eigenvalue weighted by Crippen LogP contribution is 2.29. The Morgan fingerprint density at radius 2 is 1.93 bits per heavy atom. The van der Waals surface area contributed by atoms with Gasteiger partial charge in [-0.15, -0.1) is 0 Å². The van der Waals surface area contributed by atoms with E-state index in [9.17, 15) is 14.4 Å². The minimum atomic E-state index is -0.473. The zero-order valence-electron chi connectivity index (χ0n) is 17.0. The molecule has 1 aliphatic rings. The molecule has 0 aliphatic heterocycles. The third kappa shape index (κ3) is 3.30. The number of nitrogens with zero attached hydrogens (tertiary/aromatic N) is 4. The second kappa shape index (κ2) is 8.17. The van der Waals surface area contributed by atoms with Crippen molar-refractivity contribution in [1.29, 1.82) is 0 Å². The number of esters is 1. The largest absolute Gasteiger partial charge is 0.495 e. The molecule has 3 aromatic rings. The number of rotatable bonds is 6. The molecule has 1 saturated carbocycles. The molecule has 9 nitrogen and oxygen atoms in total. The Morgan fingerprint density at radius 1 is 1.20 bits per heavy atom. The van der Waals surface area contributed by atoms with Gasteiger partial charge in [0.1, 0.15) is 12.3 Å². The fourth-order valence-electron chi connectivity index (χ4n) is 4.13. The molecule has 1 aliphatic carbocycles. The van der Waals surface area contributed by atoms with Crippen LogP contribution in [0.5, 0.6) is 5.75 Å². The van der Waals surface area contributed by atoms with Gasteiger partial charge < -0.3 is 14.0 Å². The van der Waals surface area contributed by atoms with Gasteiger partial charge in [0.25, 0.3) is 5.56 Å². The van der Waals surface area contributed by atoms with E-state index in [0.717, 1.165) is 25.7 Å². The average Bonchev–Trinajstić information content (AvgIpc) is 3.39. The summed E-state index contributed by atoms with van der Waals surface area (Å²) >= 11 is 0. The number of imidazole rings is 1. The number of benzene rings is 1. The topological polar surface area (TPSA) is 97.4 Å². The first kappa shape index (κ1) is 19.9. The highest BCUT2D eigenvalue weighted by molar-refractivity contribution is 5.76. The second-order valence-electron chi connectivity index (χ2n) is 7.25. The summed E-state index contributed by atoms with van der Waals surface area (Å²) < 4.78 is 14.6. The Bertz CT molecular complexity index is 1200. The van der Waals surface area contributed by atoms with Gasteiger partial charge in [-0.2, -0.15) is 0 Å². The molecule has 1 aromatic carbocycles. The van der Waals surface area contributed by atoms with E-state index in [4.69, 9.17) is 9.47 Å². The van der Waals surface area contributed by atoms with Crippen molar-refractivity contribution < 1.29 is 14.3 Å². The van der Waals surface area contributed by atoms with E-state index < -0.39 is 17.2 Å². The molecule has 0 radical (unpaired) electrons. The van der Waals surface area contributed by atoms with Crippen molar-refractivity contribution in [2.45, 2.75) is 45.2 Å². The molecule has 0 saturated heterocycles. The van der Waals surface area contributed by atoms with Crippen LogP contribution in [-0.4, -0.2) is 38.4 Å². The molecule has 1 fully saturated rings. The minimum Gasteiger partial charge on any atom is -0.495 e. The van der Waals surface area contributed by atoms with Crippen molar-refractivity contribution >= 4 is 17.1 Å². The standard InChI is InChI=1S/C21H24N4O5/c1-3-30-17(26)12-23-13-22-19-18(23)20(27)24(14-8-4-5-9-14)21(28)25(19)15-10-6-7-11-16(15)29-2/h6-7,10-11,13-14H,3-5,8-9,12H2,1-2H3. The fourth-order valence-corrected chi connectivity index (χ4v) is 4.13. The quantitative estimate of drug-likeness (QED) is 0.575. The van der Waals surface area contributed by atoms with E-state index in [-0.39, 0.29) is 30.4 Å². The number of hydrogen-bond acceptors (Lipinski definition) is 6. The van der Waals surface area contributed by atoms with Crippen LogP contribution in [0.1, 0.15) is 38.6 Å². The van der Waals surface area contributed by atoms with Crippen molar-refractivity contribution in [2.24, 2.45) is 0 Å². The lowest BCUT2D eigenvalue weighted by atomic mass is 10.2. The third-order valence-corrected chi connectivity index (χ3v) is 5.47. The summed E-state index contributed by atoms with van der Waals surface area (Å²) in [7, 11) is 1.52. The normalized spacial score (nSPS) is 14.3. The van der Waals surface area contributed by atoms with E-state index in [1.165, 1.54) is 27.1 Å². The van der Waals surface area contributed by atoms with Crippen LogP contribution >= 0.6 is 0 Å². The van der Waals surface area contributed by atoms with E-state index in [0.29, 0.717) is 11.4 Å². The predicted molar refractivity (Wildman–Crippen MR) is 110 cm³/mol. The molecule has 0 spiro atoms. The van der Waals surface area contributed by atoms with Crippen LogP contribution in [0.15, 0.2) is 40.2 Å². The van der Waals surface area contributed by atoms with Crippen LogP contribution in [0, 0.1) is 0 Å². The molecule has 2 heterocycles. The van der Waals surface area contributed by atoms with Gasteiger partial charge in [-0.1, -0.05) is 25.0 Å². The molecule has 0 unspecified atom stereocenters. The van der Waals surface area contributed by atoms with Crippen LogP contribution < -0.4 is 16.0 Å². The van der Waals surface area contributed by atoms with Crippen LogP contribution in [-0.2, 0) is 16.1 Å². The van der Waals surface area contributed by atoms with Gasteiger partial charge in [-0.25, -0.2) is 14.3 Å². The SMILES string of the molecule is CCOC(=O)Cn1cnc2c1c(=O)n(C1CCCC1)c(=O)n2-c1ccccc1OC. The molecule has 0 bridgehead atoms. The maximum absolute atomic E-state index is 13.5. The summed E-state index contributed by atoms with van der Waals surface area (Å²) in [6.45, 7) is 1.80. The Balaban J connectivity index is 2.03. The van der Waals surface area contributed by atoms with Gasteiger partial charge in [0.15, 0.2) is 11.2 Å². The number of aromatic nitrogens is 4. The molecular formula is C21H24N4O5. The molecular weight excluding hydrogens is 388 g/mol. The molecule has 158 valence electrons. The second-order valence-corrected chi connectivity index (χ2v) is 7.25. The molecule has 9 heteroatoms. The van der Waals surface area contributed by atoms with E-state index in [2.05, 4.69) is 4.98 Å². The van der Waals surface area contributed by atoms with Gasteiger partial charge in [0, 0.05) is 6.04 Å². The van der Waals surface area contributed by atoms with Gasteiger partial charge in [-0.05, 0) is 31.9 Å². The van der Waals surface area contributed by atoms with Crippen molar-refractivity contribution in [2.75, 3.05) is 13.7 Å². The summed E-state index contributed by atoms with van der Waals surface area (Å²) in [6, 6.07) is 6.90. The Hall–Kier alpha value is -3.36. The number of methoxy groups -OCH3 is 1. The van der Waals surface area contributed by atoms with Crippen LogP contribution in [0.3, 0.4) is 0 Å². The summed E-state index contributed by atoms with van der Waals surface area (Å²) in [5, 5.41) is 0. The maximum Gasteiger partial charge on any atom is 0.337 e. The van der Waals surface area contributed by atoms with Crippen LogP contribution in [0.4, 0.5) is 0 Å². The Labute approximate surface area is 172 Å². The molecule has 2 aromatic heterocycles. The van der Waals surface area contributed by atoms with Crippen LogP contribution in [0.25, 0.3) is 16.9 Å². The average molecular weight is 412 g/mol. The van der Waals surface area contributed by atoms with Crippen molar-refractivity contribution in [3.63, 3.8) is 0 Å². The Kier molecular flexibility index (Phi) is 5.43. The number of hydrogen-bond donors (Lipinski definition) is 0. The molecule has 0 atom stereocenters. The zero-order chi connectivity index (χ0) is 21.3. The van der Waals surface area contributed by atoms with E-state index in [1.54, 1.807) is 31.2 Å². The number of ether oxygens (including phenoxy) is 2. The first-order chi connectivity index (χ1) is 14.6. The maximum atomic E-state index is 13.5. The summed E-state index contributed by atoms with van der Waals surface area (Å²) in [4.78, 5) is 43.3. The third-order valence-electron chi connectivity index (χ3n) is 5.47. The van der Waals surface area contributed by atoms with Crippen molar-refractivity contribution in [3.8, 4) is 11.4 Å². The lowest BCUT2D eigenvalue weighted by molar-refractivity contribution is -0.143. The first-order valence-electron chi connectivity index (χ1n) is 10.1. The summed E-state index contributed by atoms with van der Waals surface area (Å²) in [5.41, 5.74) is -0.0169. The molecule has 0 amide bonds. The first-order valence-corrected chi connectivity index (χ1v) is 10.1. The predicted octanol–water partition coefficient (Wildman–Crippen LogP) is 2.04. The number of fused-ring (bicyclic) bond motifs is 1. The molecule has 0 N–H and O–H groups in total. The van der Waals surface area contributed by atoms with E-state index in [1.807, 2.05) is 0 Å². The summed E-state index contributed by atoms with van der Waals surface area (Å²) in [5.74, 6) is 0.0103. The number of carbonyl (C=O) groups excluding carboxylic acids is 1. The number of para-hydroxylation sites is 2. The molecule has 30 heavy (non-hydrogen) atoms. The fraction of sp³-hybridized carbons (Fsp3) is 0.429. The van der Waals surface area contributed by atoms with Gasteiger partial charge >= 0.3 is 11.7 Å². The van der Waals surface area contributed by atoms with Crippen molar-refractivity contribution in [1.82, 2.24) is 18.7 Å².